The third-order valence-electron chi connectivity index (χ3n) is 2.73. The van der Waals surface area contributed by atoms with E-state index in [1.807, 2.05) is 13.8 Å². The summed E-state index contributed by atoms with van der Waals surface area (Å²) in [5.41, 5.74) is 0.160. The lowest BCUT2D eigenvalue weighted by molar-refractivity contribution is -0.107. The first-order chi connectivity index (χ1) is 6.22. The minimum Gasteiger partial charge on any atom is -0.372 e. The fourth-order valence-corrected chi connectivity index (χ4v) is 1.71. The number of hydrogen-bond acceptors (Lipinski definition) is 2. The summed E-state index contributed by atoms with van der Waals surface area (Å²) < 4.78 is 5.79. The molecule has 0 spiro atoms. The number of hydrogen-bond donors (Lipinski definition) is 0. The van der Waals surface area contributed by atoms with Crippen molar-refractivity contribution >= 4 is 0 Å². The Morgan fingerprint density at radius 2 is 1.77 bits per heavy atom. The molecule has 0 aliphatic carbocycles. The molecule has 1 aliphatic heterocycles. The Bertz CT molecular complexity index is 121. The molecule has 0 aromatic carbocycles. The Labute approximate surface area is 83.3 Å². The summed E-state index contributed by atoms with van der Waals surface area (Å²) in [4.78, 5) is 2.36. The summed E-state index contributed by atoms with van der Waals surface area (Å²) in [5.74, 6) is 0. The summed E-state index contributed by atoms with van der Waals surface area (Å²) >= 11 is 0. The monoisotopic (exact) mass is 187 g/mol. The van der Waals surface area contributed by atoms with E-state index in [0.29, 0.717) is 0 Å². The van der Waals surface area contributed by atoms with E-state index in [0.717, 1.165) is 32.5 Å². The molecule has 1 fully saturated rings. The highest BCUT2D eigenvalue weighted by molar-refractivity contribution is 4.84. The largest absolute Gasteiger partial charge is 0.372 e. The predicted molar refractivity (Wildman–Crippen MR) is 58.1 cm³/mol. The van der Waals surface area contributed by atoms with Crippen molar-refractivity contribution in [2.24, 2.45) is 0 Å². The summed E-state index contributed by atoms with van der Waals surface area (Å²) in [5, 5.41) is 0. The Morgan fingerprint density at radius 3 is 2.08 bits per heavy atom. The third kappa shape index (κ3) is 3.65. The highest BCUT2D eigenvalue weighted by Gasteiger charge is 2.31. The van der Waals surface area contributed by atoms with Gasteiger partial charge in [-0.25, -0.2) is 0 Å². The maximum absolute atomic E-state index is 5.79. The van der Waals surface area contributed by atoms with Gasteiger partial charge in [0.1, 0.15) is 0 Å². The van der Waals surface area contributed by atoms with Crippen LogP contribution in [0.2, 0.25) is 0 Å². The third-order valence-corrected chi connectivity index (χ3v) is 2.73. The van der Waals surface area contributed by atoms with Crippen molar-refractivity contribution in [1.82, 2.24) is 4.90 Å². The van der Waals surface area contributed by atoms with E-state index >= 15 is 0 Å². The molecule has 1 heterocycles. The van der Waals surface area contributed by atoms with Crippen molar-refractivity contribution < 1.29 is 4.74 Å². The van der Waals surface area contributed by atoms with Crippen molar-refractivity contribution in [2.45, 2.75) is 46.1 Å². The summed E-state index contributed by atoms with van der Waals surface area (Å²) in [7, 11) is 2.17. The quantitative estimate of drug-likeness (QED) is 0.658. The molecule has 0 N–H and O–H groups in total. The van der Waals surface area contributed by atoms with Gasteiger partial charge < -0.3 is 9.64 Å². The second-order valence-electron chi connectivity index (χ2n) is 3.48. The van der Waals surface area contributed by atoms with Gasteiger partial charge in [0.05, 0.1) is 12.2 Å². The molecule has 1 aliphatic rings. The molecular formula is C11H25NO. The molecule has 80 valence electrons. The van der Waals surface area contributed by atoms with Crippen molar-refractivity contribution in [3.05, 3.63) is 0 Å². The number of rotatable bonds is 2. The van der Waals surface area contributed by atoms with Crippen molar-refractivity contribution in [1.29, 1.82) is 0 Å². The molecule has 0 saturated carbocycles. The van der Waals surface area contributed by atoms with Crippen molar-refractivity contribution in [3.63, 3.8) is 0 Å². The lowest BCUT2D eigenvalue weighted by Gasteiger charge is -2.40. The van der Waals surface area contributed by atoms with Crippen LogP contribution in [0.5, 0.6) is 0 Å². The van der Waals surface area contributed by atoms with Crippen LogP contribution in [0.1, 0.15) is 40.5 Å². The molecule has 2 nitrogen and oxygen atoms in total. The van der Waals surface area contributed by atoms with E-state index in [1.165, 1.54) is 0 Å². The standard InChI is InChI=1S/C9H19NO.C2H6/c1-4-9(5-2)8-10(3)6-7-11-9;1-2/h4-8H2,1-3H3;1-2H3. The summed E-state index contributed by atoms with van der Waals surface area (Å²) in [6.45, 7) is 11.5. The molecule has 2 heteroatoms. The molecule has 0 atom stereocenters. The predicted octanol–water partition coefficient (Wildman–Crippen LogP) is 2.53. The molecule has 1 saturated heterocycles. The minimum atomic E-state index is 0.160. The first-order valence-electron chi connectivity index (χ1n) is 5.55. The van der Waals surface area contributed by atoms with Crippen LogP contribution in [0.15, 0.2) is 0 Å². The van der Waals surface area contributed by atoms with Crippen LogP contribution in [0, 0.1) is 0 Å². The number of morpholine rings is 1. The maximum atomic E-state index is 5.79. The molecular weight excluding hydrogens is 162 g/mol. The Morgan fingerprint density at radius 1 is 1.23 bits per heavy atom. The Hall–Kier alpha value is -0.0800. The fourth-order valence-electron chi connectivity index (χ4n) is 1.71. The average Bonchev–Trinajstić information content (AvgIpc) is 2.21. The van der Waals surface area contributed by atoms with E-state index in [9.17, 15) is 0 Å². The summed E-state index contributed by atoms with van der Waals surface area (Å²) in [6.07, 6.45) is 2.27. The van der Waals surface area contributed by atoms with Gasteiger partial charge in [0.25, 0.3) is 0 Å². The molecule has 0 radical (unpaired) electrons. The SMILES string of the molecule is CC.CCC1(CC)CN(C)CCO1. The fraction of sp³-hybridized carbons (Fsp3) is 1.00. The van der Waals surface area contributed by atoms with Crippen molar-refractivity contribution in [3.8, 4) is 0 Å². The molecule has 13 heavy (non-hydrogen) atoms. The van der Waals surface area contributed by atoms with Gasteiger partial charge in [0.15, 0.2) is 0 Å². The first kappa shape index (κ1) is 12.9. The zero-order valence-corrected chi connectivity index (χ0v) is 9.89. The van der Waals surface area contributed by atoms with Gasteiger partial charge in [-0.3, -0.25) is 0 Å². The lowest BCUT2D eigenvalue weighted by Crippen LogP contribution is -2.49. The normalized spacial score (nSPS) is 21.9. The zero-order chi connectivity index (χ0) is 10.3. The highest BCUT2D eigenvalue weighted by atomic mass is 16.5. The van der Waals surface area contributed by atoms with E-state index < -0.39 is 0 Å². The minimum absolute atomic E-state index is 0.160. The van der Waals surface area contributed by atoms with Gasteiger partial charge in [-0.15, -0.1) is 0 Å². The van der Waals surface area contributed by atoms with Gasteiger partial charge in [-0.2, -0.15) is 0 Å². The molecule has 0 amide bonds. The Kier molecular flexibility index (Phi) is 6.35. The van der Waals surface area contributed by atoms with E-state index in [4.69, 9.17) is 4.74 Å². The highest BCUT2D eigenvalue weighted by Crippen LogP contribution is 2.24. The number of ether oxygens (including phenoxy) is 1. The topological polar surface area (TPSA) is 12.5 Å². The maximum Gasteiger partial charge on any atom is 0.0804 e. The lowest BCUT2D eigenvalue weighted by atomic mass is 9.95. The molecule has 0 aromatic heterocycles. The molecule has 0 unspecified atom stereocenters. The van der Waals surface area contributed by atoms with Crippen LogP contribution >= 0.6 is 0 Å². The molecule has 0 aromatic rings. The van der Waals surface area contributed by atoms with Crippen LogP contribution in [0.3, 0.4) is 0 Å². The van der Waals surface area contributed by atoms with Crippen LogP contribution in [-0.4, -0.2) is 37.2 Å². The molecule has 1 rings (SSSR count). The van der Waals surface area contributed by atoms with E-state index in [2.05, 4.69) is 25.8 Å². The van der Waals surface area contributed by atoms with Gasteiger partial charge in [0.2, 0.25) is 0 Å². The van der Waals surface area contributed by atoms with Crippen LogP contribution in [0.4, 0.5) is 0 Å². The van der Waals surface area contributed by atoms with Crippen LogP contribution in [0.25, 0.3) is 0 Å². The van der Waals surface area contributed by atoms with E-state index in [-0.39, 0.29) is 5.60 Å². The van der Waals surface area contributed by atoms with Crippen LogP contribution in [-0.2, 0) is 4.74 Å². The van der Waals surface area contributed by atoms with Gasteiger partial charge >= 0.3 is 0 Å². The summed E-state index contributed by atoms with van der Waals surface area (Å²) in [6, 6.07) is 0. The number of likely N-dealkylation sites (N-methyl/N-ethyl adjacent to an activating group) is 1. The second-order valence-corrected chi connectivity index (χ2v) is 3.48. The van der Waals surface area contributed by atoms with Gasteiger partial charge in [0, 0.05) is 13.1 Å². The average molecular weight is 187 g/mol. The first-order valence-corrected chi connectivity index (χ1v) is 5.55. The van der Waals surface area contributed by atoms with E-state index in [1.54, 1.807) is 0 Å². The number of nitrogens with zero attached hydrogens (tertiary/aromatic N) is 1. The smallest absolute Gasteiger partial charge is 0.0804 e. The second kappa shape index (κ2) is 6.39. The van der Waals surface area contributed by atoms with Crippen molar-refractivity contribution in [2.75, 3.05) is 26.7 Å². The van der Waals surface area contributed by atoms with Gasteiger partial charge in [-0.1, -0.05) is 27.7 Å². The Balaban J connectivity index is 0.000000671. The van der Waals surface area contributed by atoms with Crippen LogP contribution < -0.4 is 0 Å². The zero-order valence-electron chi connectivity index (χ0n) is 9.89. The van der Waals surface area contributed by atoms with Gasteiger partial charge in [-0.05, 0) is 19.9 Å². The molecule has 0 bridgehead atoms.